The number of carbonyl (C=O) groups excluding carboxylic acids is 2. The second-order valence-electron chi connectivity index (χ2n) is 3.42. The molecule has 5 nitrogen and oxygen atoms in total. The van der Waals surface area contributed by atoms with E-state index in [1.165, 1.54) is 4.90 Å². The number of anilines is 1. The van der Waals surface area contributed by atoms with Gasteiger partial charge in [0.1, 0.15) is 6.10 Å². The van der Waals surface area contributed by atoms with Crippen molar-refractivity contribution in [2.24, 2.45) is 0 Å². The molecule has 2 amide bonds. The molecule has 0 unspecified atom stereocenters. The SMILES string of the molecule is O=[C-]NC[C@H]1CN(c2c[c-]c(I)[c-]c2)C(=O)O1.[Rf].[U].[V]. The number of nitrogens with one attached hydrogen (secondary N) is 1. The Bertz CT molecular complexity index is 438. The molecule has 1 atom stereocenters. The summed E-state index contributed by atoms with van der Waals surface area (Å²) in [6, 6.07) is 9.34. The normalized spacial score (nSPS) is 16.1. The van der Waals surface area contributed by atoms with Gasteiger partial charge in [-0.1, -0.05) is 0 Å². The van der Waals surface area contributed by atoms with Crippen molar-refractivity contribution >= 4 is 40.8 Å². The Morgan fingerprint density at radius 1 is 1.50 bits per heavy atom. The van der Waals surface area contributed by atoms with Crippen LogP contribution in [0.4, 0.5) is 10.5 Å². The number of cyclic esters (lactones) is 1. The van der Waals surface area contributed by atoms with Crippen molar-refractivity contribution in [2.75, 3.05) is 18.0 Å². The number of benzene rings is 1. The minimum absolute atomic E-state index is 0. The molecular weight excluding hydrogens is 891 g/mol. The molecule has 1 aromatic carbocycles. The summed E-state index contributed by atoms with van der Waals surface area (Å²) in [6.07, 6.45) is 0.779. The molecule has 1 aromatic rings. The molecule has 1 saturated heterocycles. The summed E-state index contributed by atoms with van der Waals surface area (Å²) in [6.45, 7) is 0.666. The minimum atomic E-state index is -0.425. The van der Waals surface area contributed by atoms with E-state index < -0.39 is 6.09 Å². The van der Waals surface area contributed by atoms with E-state index in [-0.39, 0.29) is 62.3 Å². The zero-order chi connectivity index (χ0) is 12.3. The van der Waals surface area contributed by atoms with Crippen molar-refractivity contribution in [1.82, 2.24) is 5.32 Å². The predicted molar refractivity (Wildman–Crippen MR) is 68.1 cm³/mol. The van der Waals surface area contributed by atoms with E-state index in [9.17, 15) is 9.59 Å². The maximum atomic E-state index is 11.6. The van der Waals surface area contributed by atoms with E-state index in [2.05, 4.69) is 40.0 Å². The molecule has 0 bridgehead atoms. The predicted octanol–water partition coefficient (Wildman–Crippen LogP) is 0.871. The van der Waals surface area contributed by atoms with Crippen LogP contribution < -0.4 is 10.2 Å². The van der Waals surface area contributed by atoms with Crippen LogP contribution in [0.2, 0.25) is 0 Å². The maximum Gasteiger partial charge on any atom is 0.393 e. The molecule has 0 saturated carbocycles. The van der Waals surface area contributed by atoms with Crippen molar-refractivity contribution < 1.29 is 64.0 Å². The molecule has 20 heavy (non-hydrogen) atoms. The smallest absolute Gasteiger partial charge is 0.393 e. The van der Waals surface area contributed by atoms with Crippen molar-refractivity contribution in [1.29, 1.82) is 0 Å². The Labute approximate surface area is 160 Å². The molecule has 0 aromatic heterocycles. The molecule has 1 fully saturated rings. The van der Waals surface area contributed by atoms with E-state index in [1.54, 1.807) is 18.5 Å². The van der Waals surface area contributed by atoms with Gasteiger partial charge in [-0.3, -0.25) is 12.1 Å². The van der Waals surface area contributed by atoms with E-state index in [0.29, 0.717) is 12.2 Å². The van der Waals surface area contributed by atoms with Gasteiger partial charge >= 0.3 is 6.09 Å². The summed E-state index contributed by atoms with van der Waals surface area (Å²) < 4.78 is 5.93. The number of hydrogen-bond acceptors (Lipinski definition) is 3. The zero-order valence-electron chi connectivity index (χ0n) is 10.4. The quantitative estimate of drug-likeness (QED) is 0.278. The summed E-state index contributed by atoms with van der Waals surface area (Å²) in [5, 5.41) is 2.37. The van der Waals surface area contributed by atoms with Crippen LogP contribution >= 0.6 is 22.6 Å². The fourth-order valence-corrected chi connectivity index (χ4v) is 1.82. The van der Waals surface area contributed by atoms with Crippen LogP contribution in [0.1, 0.15) is 0 Å². The third-order valence-corrected chi connectivity index (χ3v) is 2.90. The van der Waals surface area contributed by atoms with Crippen molar-refractivity contribution in [3.63, 3.8) is 0 Å². The van der Waals surface area contributed by atoms with Crippen molar-refractivity contribution in [3.8, 4) is 0 Å². The minimum Gasteiger partial charge on any atom is -0.527 e. The summed E-state index contributed by atoms with van der Waals surface area (Å²) >= 11 is 2.09. The Morgan fingerprint density at radius 3 is 2.65 bits per heavy atom. The van der Waals surface area contributed by atoms with Gasteiger partial charge in [0.2, 0.25) is 0 Å². The Balaban J connectivity index is 0. The fourth-order valence-electron chi connectivity index (χ4n) is 1.51. The average Bonchev–Trinajstić information content (AvgIpc) is 2.69. The number of carbonyl (C=O) groups is 1. The van der Waals surface area contributed by atoms with Gasteiger partial charge in [0.05, 0.1) is 0 Å². The van der Waals surface area contributed by atoms with Gasteiger partial charge in [-0.25, -0.2) is 8.36 Å². The van der Waals surface area contributed by atoms with Crippen LogP contribution in [0.15, 0.2) is 12.1 Å². The van der Waals surface area contributed by atoms with Gasteiger partial charge < -0.3 is 31.9 Å². The average molecular weight is 899 g/mol. The van der Waals surface area contributed by atoms with E-state index in [1.807, 2.05) is 0 Å². The zero-order valence-corrected chi connectivity index (χ0v) is 24.5. The molecule has 1 aliphatic heterocycles. The Morgan fingerprint density at radius 2 is 2.10 bits per heavy atom. The summed E-state index contributed by atoms with van der Waals surface area (Å²) in [5.74, 6) is 0. The van der Waals surface area contributed by atoms with Gasteiger partial charge in [0.25, 0.3) is 0 Å². The van der Waals surface area contributed by atoms with Crippen molar-refractivity contribution in [3.05, 3.63) is 27.8 Å². The van der Waals surface area contributed by atoms with Gasteiger partial charge in [-0.05, 0) is 0 Å². The molecule has 2 rings (SSSR count). The molecule has 0 aliphatic carbocycles. The number of ether oxygens (including phenoxy) is 1. The van der Waals surface area contributed by atoms with Gasteiger partial charge in [-0.2, -0.15) is 12.1 Å². The number of rotatable bonds is 4. The molecule has 0 spiro atoms. The van der Waals surface area contributed by atoms with Crippen LogP contribution in [0.3, 0.4) is 0 Å². The van der Waals surface area contributed by atoms with Crippen LogP contribution in [0.5, 0.6) is 0 Å². The summed E-state index contributed by atoms with van der Waals surface area (Å²) in [5.41, 5.74) is 0.688. The largest absolute Gasteiger partial charge is 0.527 e. The van der Waals surface area contributed by atoms with Gasteiger partial charge in [-0.15, -0.1) is 22.6 Å². The maximum absolute atomic E-state index is 11.6. The van der Waals surface area contributed by atoms with Crippen LogP contribution in [-0.2, 0) is 28.1 Å². The van der Waals surface area contributed by atoms with E-state index in [0.717, 1.165) is 3.57 Å². The third kappa shape index (κ3) is 5.37. The Kier molecular flexibility index (Phi) is 10.9. The molecule has 101 valence electrons. The number of hydrogen-bond donors (Lipinski definition) is 1. The fraction of sp³-hybridized carbons (Fsp3) is 0.273. The van der Waals surface area contributed by atoms with E-state index in [4.69, 9.17) is 4.74 Å². The van der Waals surface area contributed by atoms with E-state index >= 15 is 0 Å². The molecular formula is C11H8IN2O3RfUV-3. The summed E-state index contributed by atoms with van der Waals surface area (Å²) in [7, 11) is 0. The summed E-state index contributed by atoms with van der Waals surface area (Å²) in [4.78, 5) is 23.1. The van der Waals surface area contributed by atoms with Crippen LogP contribution in [0.25, 0.3) is 0 Å². The van der Waals surface area contributed by atoms with Crippen molar-refractivity contribution in [2.45, 2.75) is 6.10 Å². The number of nitrogens with zero attached hydrogens (tertiary/aromatic N) is 1. The standard InChI is InChI=1S/C11H8IN2O3.Rf.U.V/c12-8-1-3-9(4-2-8)14-6-10(5-13-7-15)17-11(14)16;;;/h3-4,10H,5-6H2,(H,13,15);;;/q-3;;;/t10-;;;/m0.../s1. The molecule has 1 radical (unpaired) electrons. The second-order valence-corrected chi connectivity index (χ2v) is 4.49. The monoisotopic (exact) mass is 899 g/mol. The molecule has 1 heterocycles. The van der Waals surface area contributed by atoms with Gasteiger partial charge in [0, 0.05) is 62.8 Å². The first-order valence-electron chi connectivity index (χ1n) is 4.88. The topological polar surface area (TPSA) is 58.6 Å². The third-order valence-electron chi connectivity index (χ3n) is 2.28. The van der Waals surface area contributed by atoms with Gasteiger partial charge in [0.15, 0.2) is 0 Å². The molecule has 9 heteroatoms. The Hall–Kier alpha value is -0.674. The van der Waals surface area contributed by atoms with Crippen LogP contribution in [0, 0.1) is 46.8 Å². The molecule has 1 N–H and O–H groups in total. The van der Waals surface area contributed by atoms with Crippen LogP contribution in [-0.4, -0.2) is 31.7 Å². The first-order chi connectivity index (χ1) is 8.20. The first-order valence-corrected chi connectivity index (χ1v) is 5.95. The number of amides is 2. The molecule has 1 aliphatic rings. The first kappa shape index (κ1) is 21.6. The number of halogens is 1. The second kappa shape index (κ2) is 10.1.